The highest BCUT2D eigenvalue weighted by atomic mass is 35.5. The number of carbonyl (C=O) groups is 1. The molecule has 2 atom stereocenters. The molecule has 1 N–H and O–H groups in total. The molecule has 1 amide bonds. The summed E-state index contributed by atoms with van der Waals surface area (Å²) in [7, 11) is 3.93. The standard InChI is InChI=1S/C20H23ClN2O2S/c1-13-4-6-14(7-5-13)19-18(24)20(25)23(11-10-22(2)3)16-9-8-15(21)12-17(16)26-19/h4-9,12,18-19,24H,10-11H2,1-3H3/t18-,19+/m1/s1. The molecular weight excluding hydrogens is 368 g/mol. The fourth-order valence-electron chi connectivity index (χ4n) is 2.95. The number of hydrogen-bond donors (Lipinski definition) is 1. The van der Waals surface area contributed by atoms with Gasteiger partial charge in [0.05, 0.1) is 10.9 Å². The number of halogens is 1. The summed E-state index contributed by atoms with van der Waals surface area (Å²) in [5.74, 6) is -0.272. The molecule has 0 spiro atoms. The van der Waals surface area contributed by atoms with Crippen LogP contribution in [0.1, 0.15) is 16.4 Å². The lowest BCUT2D eigenvalue weighted by Gasteiger charge is -2.26. The van der Waals surface area contributed by atoms with Crippen molar-refractivity contribution in [3.05, 3.63) is 58.6 Å². The maximum atomic E-state index is 13.1. The number of carbonyl (C=O) groups excluding carboxylic acids is 1. The number of rotatable bonds is 4. The van der Waals surface area contributed by atoms with Gasteiger partial charge in [0.25, 0.3) is 5.91 Å². The third-order valence-corrected chi connectivity index (χ3v) is 6.05. The predicted molar refractivity (Wildman–Crippen MR) is 108 cm³/mol. The van der Waals surface area contributed by atoms with Crippen LogP contribution in [-0.2, 0) is 4.79 Å². The van der Waals surface area contributed by atoms with Gasteiger partial charge < -0.3 is 14.9 Å². The van der Waals surface area contributed by atoms with Crippen molar-refractivity contribution in [3.63, 3.8) is 0 Å². The van der Waals surface area contributed by atoms with Crippen LogP contribution in [0.2, 0.25) is 5.02 Å². The van der Waals surface area contributed by atoms with E-state index in [-0.39, 0.29) is 11.2 Å². The Labute approximate surface area is 163 Å². The lowest BCUT2D eigenvalue weighted by Crippen LogP contribution is -2.43. The van der Waals surface area contributed by atoms with Gasteiger partial charge in [-0.3, -0.25) is 4.79 Å². The van der Waals surface area contributed by atoms with E-state index >= 15 is 0 Å². The van der Waals surface area contributed by atoms with E-state index in [0.29, 0.717) is 18.1 Å². The number of nitrogens with zero attached hydrogens (tertiary/aromatic N) is 2. The number of benzene rings is 2. The van der Waals surface area contributed by atoms with Crippen LogP contribution in [0.3, 0.4) is 0 Å². The average Bonchev–Trinajstić information content (AvgIpc) is 2.70. The maximum absolute atomic E-state index is 13.1. The normalized spacial score (nSPS) is 20.2. The van der Waals surface area contributed by atoms with Crippen molar-refractivity contribution in [3.8, 4) is 0 Å². The number of likely N-dealkylation sites (N-methyl/N-ethyl adjacent to an activating group) is 1. The molecule has 3 rings (SSSR count). The second-order valence-corrected chi connectivity index (χ2v) is 8.42. The van der Waals surface area contributed by atoms with E-state index in [1.807, 2.05) is 62.3 Å². The first kappa shape index (κ1) is 19.2. The molecule has 0 aliphatic carbocycles. The SMILES string of the molecule is Cc1ccc([C@@H]2Sc3cc(Cl)ccc3N(CCN(C)C)C(=O)[C@@H]2O)cc1. The van der Waals surface area contributed by atoms with Gasteiger partial charge in [0, 0.05) is 23.0 Å². The van der Waals surface area contributed by atoms with Gasteiger partial charge >= 0.3 is 0 Å². The summed E-state index contributed by atoms with van der Waals surface area (Å²) in [6.07, 6.45) is -1.11. The Kier molecular flexibility index (Phi) is 5.92. The molecule has 0 bridgehead atoms. The topological polar surface area (TPSA) is 43.8 Å². The lowest BCUT2D eigenvalue weighted by atomic mass is 10.0. The zero-order chi connectivity index (χ0) is 18.8. The molecule has 1 aliphatic heterocycles. The van der Waals surface area contributed by atoms with Crippen molar-refractivity contribution in [2.24, 2.45) is 0 Å². The van der Waals surface area contributed by atoms with Gasteiger partial charge in [0.2, 0.25) is 0 Å². The number of hydrogen-bond acceptors (Lipinski definition) is 4. The molecule has 2 aromatic rings. The minimum atomic E-state index is -1.11. The van der Waals surface area contributed by atoms with Gasteiger partial charge in [-0.1, -0.05) is 41.4 Å². The van der Waals surface area contributed by atoms with Crippen LogP contribution in [0, 0.1) is 6.92 Å². The van der Waals surface area contributed by atoms with Crippen molar-refractivity contribution in [2.45, 2.75) is 23.2 Å². The van der Waals surface area contributed by atoms with Crippen LogP contribution in [0.15, 0.2) is 47.4 Å². The van der Waals surface area contributed by atoms with E-state index in [2.05, 4.69) is 0 Å². The molecule has 4 nitrogen and oxygen atoms in total. The predicted octanol–water partition coefficient (Wildman–Crippen LogP) is 3.75. The van der Waals surface area contributed by atoms with Crippen molar-refractivity contribution in [1.82, 2.24) is 4.90 Å². The molecule has 1 heterocycles. The highest BCUT2D eigenvalue weighted by molar-refractivity contribution is 7.99. The molecule has 138 valence electrons. The average molecular weight is 391 g/mol. The molecule has 0 saturated carbocycles. The van der Waals surface area contributed by atoms with E-state index < -0.39 is 6.10 Å². The highest BCUT2D eigenvalue weighted by Gasteiger charge is 2.37. The number of amides is 1. The van der Waals surface area contributed by atoms with E-state index in [9.17, 15) is 9.90 Å². The number of thioether (sulfide) groups is 1. The van der Waals surface area contributed by atoms with Crippen LogP contribution in [0.25, 0.3) is 0 Å². The first-order valence-corrected chi connectivity index (χ1v) is 9.79. The van der Waals surface area contributed by atoms with Gasteiger partial charge in [0.15, 0.2) is 0 Å². The fraction of sp³-hybridized carbons (Fsp3) is 0.350. The third-order valence-electron chi connectivity index (χ3n) is 4.45. The highest BCUT2D eigenvalue weighted by Crippen LogP contribution is 2.46. The maximum Gasteiger partial charge on any atom is 0.257 e. The number of aliphatic hydroxyl groups excluding tert-OH is 1. The van der Waals surface area contributed by atoms with E-state index in [4.69, 9.17) is 11.6 Å². The Balaban J connectivity index is 2.03. The summed E-state index contributed by atoms with van der Waals surface area (Å²) in [5.41, 5.74) is 2.88. The van der Waals surface area contributed by atoms with Crippen molar-refractivity contribution in [1.29, 1.82) is 0 Å². The Morgan fingerprint density at radius 3 is 2.54 bits per heavy atom. The Morgan fingerprint density at radius 2 is 1.88 bits per heavy atom. The van der Waals surface area contributed by atoms with Crippen LogP contribution in [-0.4, -0.2) is 49.2 Å². The second-order valence-electron chi connectivity index (χ2n) is 6.80. The molecule has 0 radical (unpaired) electrons. The van der Waals surface area contributed by atoms with Crippen molar-refractivity contribution >= 4 is 35.0 Å². The minimum Gasteiger partial charge on any atom is -0.382 e. The minimum absolute atomic E-state index is 0.272. The number of aliphatic hydroxyl groups is 1. The van der Waals surface area contributed by atoms with E-state index in [1.165, 1.54) is 11.8 Å². The molecule has 0 saturated heterocycles. The smallest absolute Gasteiger partial charge is 0.257 e. The summed E-state index contributed by atoms with van der Waals surface area (Å²) >= 11 is 7.70. The molecule has 1 aliphatic rings. The van der Waals surface area contributed by atoms with Crippen molar-refractivity contribution in [2.75, 3.05) is 32.1 Å². The van der Waals surface area contributed by atoms with E-state index in [0.717, 1.165) is 21.7 Å². The second kappa shape index (κ2) is 8.01. The zero-order valence-electron chi connectivity index (χ0n) is 15.1. The monoisotopic (exact) mass is 390 g/mol. The Bertz CT molecular complexity index is 795. The summed E-state index contributed by atoms with van der Waals surface area (Å²) in [6, 6.07) is 13.5. The largest absolute Gasteiger partial charge is 0.382 e. The summed E-state index contributed by atoms with van der Waals surface area (Å²) < 4.78 is 0. The fourth-order valence-corrected chi connectivity index (χ4v) is 4.49. The number of anilines is 1. The molecule has 0 unspecified atom stereocenters. The first-order valence-electron chi connectivity index (χ1n) is 8.54. The summed E-state index contributed by atoms with van der Waals surface area (Å²) in [6.45, 7) is 3.24. The molecule has 0 fully saturated rings. The van der Waals surface area contributed by atoms with Gasteiger partial charge in [-0.25, -0.2) is 0 Å². The van der Waals surface area contributed by atoms with Crippen LogP contribution < -0.4 is 4.90 Å². The number of fused-ring (bicyclic) bond motifs is 1. The Hall–Kier alpha value is -1.53. The lowest BCUT2D eigenvalue weighted by molar-refractivity contribution is -0.126. The Morgan fingerprint density at radius 1 is 1.19 bits per heavy atom. The molecular formula is C20H23ClN2O2S. The van der Waals surface area contributed by atoms with Crippen LogP contribution in [0.5, 0.6) is 0 Å². The van der Waals surface area contributed by atoms with Gasteiger partial charge in [-0.2, -0.15) is 0 Å². The van der Waals surface area contributed by atoms with Gasteiger partial charge in [0.1, 0.15) is 6.10 Å². The quantitative estimate of drug-likeness (QED) is 0.863. The molecule has 2 aromatic carbocycles. The molecule has 26 heavy (non-hydrogen) atoms. The first-order chi connectivity index (χ1) is 12.4. The zero-order valence-corrected chi connectivity index (χ0v) is 16.7. The van der Waals surface area contributed by atoms with Crippen molar-refractivity contribution < 1.29 is 9.90 Å². The number of aryl methyl sites for hydroxylation is 1. The third kappa shape index (κ3) is 4.07. The van der Waals surface area contributed by atoms with Gasteiger partial charge in [-0.05, 0) is 44.8 Å². The molecule has 0 aromatic heterocycles. The van der Waals surface area contributed by atoms with Gasteiger partial charge in [-0.15, -0.1) is 11.8 Å². The summed E-state index contributed by atoms with van der Waals surface area (Å²) in [4.78, 5) is 17.7. The van der Waals surface area contributed by atoms with Crippen LogP contribution >= 0.6 is 23.4 Å². The summed E-state index contributed by atoms with van der Waals surface area (Å²) in [5, 5.41) is 11.1. The molecule has 6 heteroatoms. The van der Waals surface area contributed by atoms with E-state index in [1.54, 1.807) is 11.0 Å². The van der Waals surface area contributed by atoms with Crippen LogP contribution in [0.4, 0.5) is 5.69 Å².